The molecule has 0 N–H and O–H groups in total. The second-order valence-electron chi connectivity index (χ2n) is 5.54. The first-order valence-electron chi connectivity index (χ1n) is 7.48. The molecule has 0 saturated carbocycles. The normalized spacial score (nSPS) is 10.6. The summed E-state index contributed by atoms with van der Waals surface area (Å²) in [4.78, 5) is 25.8. The van der Waals surface area contributed by atoms with Crippen molar-refractivity contribution in [1.29, 1.82) is 0 Å². The van der Waals surface area contributed by atoms with Crippen molar-refractivity contribution in [3.05, 3.63) is 66.2 Å². The molecule has 3 aromatic rings. The van der Waals surface area contributed by atoms with E-state index in [0.29, 0.717) is 17.1 Å². The van der Waals surface area contributed by atoms with Crippen molar-refractivity contribution in [3.8, 4) is 11.3 Å². The van der Waals surface area contributed by atoms with E-state index in [4.69, 9.17) is 4.52 Å². The minimum atomic E-state index is -0.588. The topological polar surface area (TPSA) is 68.3 Å². The third kappa shape index (κ3) is 3.12. The van der Waals surface area contributed by atoms with E-state index in [1.807, 2.05) is 30.3 Å². The third-order valence-corrected chi connectivity index (χ3v) is 3.74. The van der Waals surface area contributed by atoms with Gasteiger partial charge >= 0.3 is 0 Å². The second kappa shape index (κ2) is 6.54. The lowest BCUT2D eigenvalue weighted by Crippen LogP contribution is -2.33. The molecule has 0 aliphatic rings. The van der Waals surface area contributed by atoms with Crippen LogP contribution >= 0.6 is 0 Å². The number of aromatic nitrogens is 2. The van der Waals surface area contributed by atoms with E-state index >= 15 is 0 Å². The number of hydrogen-bond acceptors (Lipinski definition) is 4. The minimum Gasteiger partial charge on any atom is -0.359 e. The van der Waals surface area contributed by atoms with E-state index in [2.05, 4.69) is 5.16 Å². The summed E-state index contributed by atoms with van der Waals surface area (Å²) >= 11 is 0. The average molecular weight is 323 g/mol. The Hall–Kier alpha value is -3.15. The number of benzene rings is 1. The number of rotatable bonds is 5. The molecule has 0 fully saturated rings. The minimum absolute atomic E-state index is 0.175. The van der Waals surface area contributed by atoms with Crippen molar-refractivity contribution in [1.82, 2.24) is 14.6 Å². The van der Waals surface area contributed by atoms with Gasteiger partial charge in [0.2, 0.25) is 0 Å². The zero-order valence-corrected chi connectivity index (χ0v) is 13.5. The molecule has 122 valence electrons. The van der Waals surface area contributed by atoms with Crippen LogP contribution in [-0.2, 0) is 18.4 Å². The first-order chi connectivity index (χ1) is 11.6. The number of hydrogen-bond donors (Lipinski definition) is 0. The Kier molecular flexibility index (Phi) is 4.29. The first-order valence-corrected chi connectivity index (χ1v) is 7.48. The zero-order chi connectivity index (χ0) is 17.1. The Morgan fingerprint density at radius 1 is 1.17 bits per heavy atom. The van der Waals surface area contributed by atoms with Gasteiger partial charge in [0.1, 0.15) is 5.69 Å². The van der Waals surface area contributed by atoms with Gasteiger partial charge in [-0.3, -0.25) is 9.59 Å². The van der Waals surface area contributed by atoms with Gasteiger partial charge in [-0.15, -0.1) is 0 Å². The van der Waals surface area contributed by atoms with Crippen LogP contribution in [0.3, 0.4) is 0 Å². The fourth-order valence-electron chi connectivity index (χ4n) is 2.42. The van der Waals surface area contributed by atoms with E-state index in [9.17, 15) is 9.59 Å². The molecule has 2 heterocycles. The van der Waals surface area contributed by atoms with Crippen LogP contribution in [0.25, 0.3) is 11.3 Å². The highest BCUT2D eigenvalue weighted by atomic mass is 16.5. The highest BCUT2D eigenvalue weighted by molar-refractivity contribution is 6.42. The van der Waals surface area contributed by atoms with Gasteiger partial charge in [0.05, 0.1) is 12.2 Å². The summed E-state index contributed by atoms with van der Waals surface area (Å²) in [5, 5.41) is 4.01. The lowest BCUT2D eigenvalue weighted by molar-refractivity contribution is -0.126. The number of carbonyl (C=O) groups is 2. The van der Waals surface area contributed by atoms with Crippen LogP contribution in [0, 0.1) is 0 Å². The van der Waals surface area contributed by atoms with Crippen LogP contribution in [-0.4, -0.2) is 33.4 Å². The summed E-state index contributed by atoms with van der Waals surface area (Å²) in [6.07, 6.45) is 1.73. The lowest BCUT2D eigenvalue weighted by Gasteiger charge is -2.14. The van der Waals surface area contributed by atoms with E-state index in [1.54, 1.807) is 43.1 Å². The van der Waals surface area contributed by atoms with Crippen LogP contribution in [0.15, 0.2) is 59.3 Å². The number of carbonyl (C=O) groups excluding carboxylic acids is 2. The molecule has 2 aromatic heterocycles. The summed E-state index contributed by atoms with van der Waals surface area (Å²) in [7, 11) is 3.29. The molecule has 6 heteroatoms. The predicted octanol–water partition coefficient (Wildman–Crippen LogP) is 2.52. The smallest absolute Gasteiger partial charge is 0.296 e. The Labute approximate surface area is 139 Å². The number of likely N-dealkylation sites (N-methyl/N-ethyl adjacent to an activating group) is 1. The summed E-state index contributed by atoms with van der Waals surface area (Å²) in [5.41, 5.74) is 1.98. The maximum atomic E-state index is 12.3. The molecular formula is C18H17N3O3. The van der Waals surface area contributed by atoms with Gasteiger partial charge in [-0.05, 0) is 12.1 Å². The SMILES string of the molecule is CN(Cc1cc(-c2ccccc2)no1)C(=O)C(=O)c1cccn1C. The first kappa shape index (κ1) is 15.7. The van der Waals surface area contributed by atoms with Crippen LogP contribution in [0.1, 0.15) is 16.2 Å². The maximum absolute atomic E-state index is 12.3. The molecule has 0 radical (unpaired) electrons. The number of nitrogens with zero attached hydrogens (tertiary/aromatic N) is 3. The van der Waals surface area contributed by atoms with Crippen molar-refractivity contribution in [2.24, 2.45) is 7.05 Å². The maximum Gasteiger partial charge on any atom is 0.296 e. The Morgan fingerprint density at radius 2 is 1.92 bits per heavy atom. The van der Waals surface area contributed by atoms with Crippen LogP contribution in [0.5, 0.6) is 0 Å². The molecule has 0 aliphatic heterocycles. The van der Waals surface area contributed by atoms with Crippen molar-refractivity contribution < 1.29 is 14.1 Å². The predicted molar refractivity (Wildman–Crippen MR) is 88.2 cm³/mol. The molecule has 0 unspecified atom stereocenters. The van der Waals surface area contributed by atoms with Gasteiger partial charge in [0.25, 0.3) is 11.7 Å². The molecule has 1 amide bonds. The Balaban J connectivity index is 1.70. The molecule has 0 bridgehead atoms. The fourth-order valence-corrected chi connectivity index (χ4v) is 2.42. The van der Waals surface area contributed by atoms with E-state index in [-0.39, 0.29) is 6.54 Å². The molecule has 0 saturated heterocycles. The molecule has 6 nitrogen and oxygen atoms in total. The summed E-state index contributed by atoms with van der Waals surface area (Å²) < 4.78 is 6.89. The number of aryl methyl sites for hydroxylation is 1. The van der Waals surface area contributed by atoms with Crippen LogP contribution < -0.4 is 0 Å². The van der Waals surface area contributed by atoms with Gasteiger partial charge in [0, 0.05) is 31.9 Å². The molecule has 24 heavy (non-hydrogen) atoms. The van der Waals surface area contributed by atoms with Gasteiger partial charge in [-0.1, -0.05) is 35.5 Å². The van der Waals surface area contributed by atoms with Crippen molar-refractivity contribution >= 4 is 11.7 Å². The van der Waals surface area contributed by atoms with E-state index < -0.39 is 11.7 Å². The summed E-state index contributed by atoms with van der Waals surface area (Å²) in [6, 6.07) is 14.7. The standard InChI is InChI=1S/C18H17N3O3/c1-20-10-6-9-16(20)17(22)18(23)21(2)12-14-11-15(19-24-14)13-7-4-3-5-8-13/h3-11H,12H2,1-2H3. The molecule has 1 aromatic carbocycles. The quantitative estimate of drug-likeness (QED) is 0.534. The molecule has 0 spiro atoms. The number of ketones is 1. The monoisotopic (exact) mass is 323 g/mol. The molecular weight excluding hydrogens is 306 g/mol. The zero-order valence-electron chi connectivity index (χ0n) is 13.5. The van der Waals surface area contributed by atoms with E-state index in [1.165, 1.54) is 4.90 Å². The highest BCUT2D eigenvalue weighted by Gasteiger charge is 2.23. The fraction of sp³-hybridized carbons (Fsp3) is 0.167. The summed E-state index contributed by atoms with van der Waals surface area (Å²) in [6.45, 7) is 0.175. The number of amides is 1. The van der Waals surface area contributed by atoms with E-state index in [0.717, 1.165) is 5.56 Å². The molecule has 0 aliphatic carbocycles. The Morgan fingerprint density at radius 3 is 2.58 bits per heavy atom. The second-order valence-corrected chi connectivity index (χ2v) is 5.54. The van der Waals surface area contributed by atoms with Gasteiger partial charge in [0.15, 0.2) is 5.76 Å². The van der Waals surface area contributed by atoms with Crippen molar-refractivity contribution in [3.63, 3.8) is 0 Å². The molecule has 0 atom stereocenters. The lowest BCUT2D eigenvalue weighted by atomic mass is 10.1. The average Bonchev–Trinajstić information content (AvgIpc) is 3.23. The van der Waals surface area contributed by atoms with Gasteiger partial charge in [-0.2, -0.15) is 0 Å². The number of Topliss-reactive ketones (excluding diaryl/α,β-unsaturated/α-hetero) is 1. The molecule has 3 rings (SSSR count). The largest absolute Gasteiger partial charge is 0.359 e. The van der Waals surface area contributed by atoms with Gasteiger partial charge < -0.3 is 14.0 Å². The van der Waals surface area contributed by atoms with Crippen molar-refractivity contribution in [2.75, 3.05) is 7.05 Å². The third-order valence-electron chi connectivity index (χ3n) is 3.74. The summed E-state index contributed by atoms with van der Waals surface area (Å²) in [5.74, 6) is -0.619. The van der Waals surface area contributed by atoms with Crippen LogP contribution in [0.2, 0.25) is 0 Å². The highest BCUT2D eigenvalue weighted by Crippen LogP contribution is 2.19. The van der Waals surface area contributed by atoms with Gasteiger partial charge in [-0.25, -0.2) is 0 Å². The van der Waals surface area contributed by atoms with Crippen LogP contribution in [0.4, 0.5) is 0 Å². The van der Waals surface area contributed by atoms with Crippen molar-refractivity contribution in [2.45, 2.75) is 6.54 Å². The Bertz CT molecular complexity index is 865.